The molecule has 112 valence electrons. The normalized spacial score (nSPS) is 16.4. The van der Waals surface area contributed by atoms with Crippen LogP contribution < -0.4 is 16.2 Å². The van der Waals surface area contributed by atoms with Gasteiger partial charge in [0, 0.05) is 12.2 Å². The van der Waals surface area contributed by atoms with Crippen LogP contribution in [0, 0.1) is 0 Å². The van der Waals surface area contributed by atoms with Crippen molar-refractivity contribution in [1.29, 1.82) is 0 Å². The Morgan fingerprint density at radius 1 is 1.30 bits per heavy atom. The zero-order valence-corrected chi connectivity index (χ0v) is 12.2. The van der Waals surface area contributed by atoms with Crippen molar-refractivity contribution in [2.24, 2.45) is 5.14 Å². The molecule has 0 amide bonds. The van der Waals surface area contributed by atoms with Crippen LogP contribution >= 0.6 is 0 Å². The molecule has 1 aliphatic rings. The van der Waals surface area contributed by atoms with E-state index in [4.69, 9.17) is 15.6 Å². The number of nitrogens with two attached hydrogens (primary N) is 2. The lowest BCUT2D eigenvalue weighted by Crippen LogP contribution is -2.16. The molecule has 0 radical (unpaired) electrons. The maximum absolute atomic E-state index is 11.2. The molecule has 0 aromatic heterocycles. The first-order chi connectivity index (χ1) is 9.47. The Labute approximate surface area is 119 Å². The third-order valence-electron chi connectivity index (χ3n) is 3.40. The fourth-order valence-corrected chi connectivity index (χ4v) is 3.04. The smallest absolute Gasteiger partial charge is 0.240 e. The van der Waals surface area contributed by atoms with Gasteiger partial charge in [0.1, 0.15) is 4.90 Å². The van der Waals surface area contributed by atoms with Crippen molar-refractivity contribution >= 4 is 21.4 Å². The summed E-state index contributed by atoms with van der Waals surface area (Å²) >= 11 is 0. The molecule has 0 unspecified atom stereocenters. The molecule has 20 heavy (non-hydrogen) atoms. The molecule has 0 aliphatic heterocycles. The van der Waals surface area contributed by atoms with Crippen LogP contribution in [0.5, 0.6) is 0 Å². The quantitative estimate of drug-likeness (QED) is 0.542. The number of benzene rings is 1. The van der Waals surface area contributed by atoms with Crippen molar-refractivity contribution in [2.45, 2.75) is 36.7 Å². The van der Waals surface area contributed by atoms with E-state index in [1.165, 1.54) is 18.9 Å². The van der Waals surface area contributed by atoms with Crippen molar-refractivity contribution in [1.82, 2.24) is 0 Å². The summed E-state index contributed by atoms with van der Waals surface area (Å²) in [5, 5.41) is 8.20. The first-order valence-electron chi connectivity index (χ1n) is 6.74. The number of nitrogen functional groups attached to an aromatic ring is 1. The van der Waals surface area contributed by atoms with Crippen LogP contribution in [-0.2, 0) is 14.8 Å². The number of nitrogens with one attached hydrogen (secondary N) is 1. The lowest BCUT2D eigenvalue weighted by Gasteiger charge is -2.13. The van der Waals surface area contributed by atoms with Gasteiger partial charge in [-0.15, -0.1) is 0 Å². The van der Waals surface area contributed by atoms with E-state index in [0.717, 1.165) is 18.5 Å². The number of rotatable bonds is 6. The number of anilines is 2. The van der Waals surface area contributed by atoms with E-state index in [2.05, 4.69) is 5.32 Å². The summed E-state index contributed by atoms with van der Waals surface area (Å²) in [5.41, 5.74) is 6.58. The van der Waals surface area contributed by atoms with Gasteiger partial charge in [0.2, 0.25) is 10.0 Å². The standard InChI is InChI=1S/C13H21N3O3S/c14-12-9-10(5-6-13(12)20(15,17)18)16-7-8-19-11-3-1-2-4-11/h5-6,9,11,16H,1-4,7-8,14H2,(H2,15,17,18). The van der Waals surface area contributed by atoms with E-state index in [9.17, 15) is 8.42 Å². The van der Waals surface area contributed by atoms with E-state index in [-0.39, 0.29) is 10.6 Å². The van der Waals surface area contributed by atoms with E-state index >= 15 is 0 Å². The SMILES string of the molecule is Nc1cc(NCCOC2CCCC2)ccc1S(N)(=O)=O. The Morgan fingerprint density at radius 2 is 2.00 bits per heavy atom. The summed E-state index contributed by atoms with van der Waals surface area (Å²) in [6, 6.07) is 4.62. The molecule has 1 fully saturated rings. The van der Waals surface area contributed by atoms with Crippen LogP contribution in [0.25, 0.3) is 0 Å². The minimum Gasteiger partial charge on any atom is -0.398 e. The summed E-state index contributed by atoms with van der Waals surface area (Å²) in [6.07, 6.45) is 5.20. The first kappa shape index (κ1) is 15.1. The number of ether oxygens (including phenoxy) is 1. The summed E-state index contributed by atoms with van der Waals surface area (Å²) < 4.78 is 28.2. The van der Waals surface area contributed by atoms with Gasteiger partial charge >= 0.3 is 0 Å². The van der Waals surface area contributed by atoms with E-state index in [1.54, 1.807) is 12.1 Å². The molecule has 1 aliphatic carbocycles. The monoisotopic (exact) mass is 299 g/mol. The van der Waals surface area contributed by atoms with Gasteiger partial charge in [0.15, 0.2) is 0 Å². The van der Waals surface area contributed by atoms with E-state index < -0.39 is 10.0 Å². The molecule has 1 saturated carbocycles. The molecular weight excluding hydrogens is 278 g/mol. The third kappa shape index (κ3) is 4.09. The van der Waals surface area contributed by atoms with Crippen LogP contribution in [0.2, 0.25) is 0 Å². The molecule has 2 rings (SSSR count). The molecule has 7 heteroatoms. The fourth-order valence-electron chi connectivity index (χ4n) is 2.39. The minimum atomic E-state index is -3.76. The summed E-state index contributed by atoms with van der Waals surface area (Å²) in [7, 11) is -3.76. The van der Waals surface area contributed by atoms with Crippen LogP contribution in [0.1, 0.15) is 25.7 Å². The number of hydrogen-bond donors (Lipinski definition) is 3. The highest BCUT2D eigenvalue weighted by molar-refractivity contribution is 7.89. The van der Waals surface area contributed by atoms with Gasteiger partial charge in [-0.3, -0.25) is 0 Å². The van der Waals surface area contributed by atoms with Gasteiger partial charge < -0.3 is 15.8 Å². The van der Waals surface area contributed by atoms with Crippen LogP contribution in [0.3, 0.4) is 0 Å². The molecular formula is C13H21N3O3S. The number of primary sulfonamides is 1. The Balaban J connectivity index is 1.83. The second-order valence-electron chi connectivity index (χ2n) is 5.00. The molecule has 1 aromatic rings. The zero-order valence-electron chi connectivity index (χ0n) is 11.3. The van der Waals surface area contributed by atoms with Gasteiger partial charge in [0.05, 0.1) is 18.4 Å². The second kappa shape index (κ2) is 6.43. The Kier molecular flexibility index (Phi) is 4.85. The minimum absolute atomic E-state index is 0.0507. The summed E-state index contributed by atoms with van der Waals surface area (Å²) in [6.45, 7) is 1.28. The van der Waals surface area contributed by atoms with Gasteiger partial charge in [-0.1, -0.05) is 12.8 Å². The number of hydrogen-bond acceptors (Lipinski definition) is 5. The molecule has 5 N–H and O–H groups in total. The highest BCUT2D eigenvalue weighted by atomic mass is 32.2. The zero-order chi connectivity index (χ0) is 14.6. The van der Waals surface area contributed by atoms with Crippen molar-refractivity contribution in [2.75, 3.05) is 24.2 Å². The van der Waals surface area contributed by atoms with E-state index in [0.29, 0.717) is 19.3 Å². The van der Waals surface area contributed by atoms with Crippen molar-refractivity contribution < 1.29 is 13.2 Å². The lowest BCUT2D eigenvalue weighted by atomic mass is 10.3. The van der Waals surface area contributed by atoms with Gasteiger partial charge in [-0.2, -0.15) is 0 Å². The Morgan fingerprint density at radius 3 is 2.60 bits per heavy atom. The molecule has 0 spiro atoms. The fraction of sp³-hybridized carbons (Fsp3) is 0.538. The molecule has 0 bridgehead atoms. The predicted octanol–water partition coefficient (Wildman–Crippen LogP) is 1.29. The summed E-state index contributed by atoms with van der Waals surface area (Å²) in [4.78, 5) is -0.0507. The maximum Gasteiger partial charge on any atom is 0.240 e. The van der Waals surface area contributed by atoms with E-state index in [1.807, 2.05) is 0 Å². The average Bonchev–Trinajstić information content (AvgIpc) is 2.86. The third-order valence-corrected chi connectivity index (χ3v) is 4.39. The molecule has 6 nitrogen and oxygen atoms in total. The van der Waals surface area contributed by atoms with Crippen LogP contribution in [0.4, 0.5) is 11.4 Å². The van der Waals surface area contributed by atoms with Crippen LogP contribution in [0.15, 0.2) is 23.1 Å². The molecule has 1 aromatic carbocycles. The Hall–Kier alpha value is -1.31. The summed E-state index contributed by atoms with van der Waals surface area (Å²) in [5.74, 6) is 0. The predicted molar refractivity (Wildman–Crippen MR) is 78.9 cm³/mol. The Bertz CT molecular complexity index is 554. The van der Waals surface area contributed by atoms with Crippen LogP contribution in [-0.4, -0.2) is 27.7 Å². The van der Waals surface area contributed by atoms with Gasteiger partial charge in [-0.25, -0.2) is 13.6 Å². The van der Waals surface area contributed by atoms with Gasteiger partial charge in [-0.05, 0) is 31.0 Å². The largest absolute Gasteiger partial charge is 0.398 e. The van der Waals surface area contributed by atoms with Crippen molar-refractivity contribution in [3.05, 3.63) is 18.2 Å². The lowest BCUT2D eigenvalue weighted by molar-refractivity contribution is 0.0659. The van der Waals surface area contributed by atoms with Crippen molar-refractivity contribution in [3.63, 3.8) is 0 Å². The second-order valence-corrected chi connectivity index (χ2v) is 6.53. The first-order valence-corrected chi connectivity index (χ1v) is 8.29. The van der Waals surface area contributed by atoms with Gasteiger partial charge in [0.25, 0.3) is 0 Å². The maximum atomic E-state index is 11.2. The molecule has 0 heterocycles. The number of sulfonamides is 1. The highest BCUT2D eigenvalue weighted by Crippen LogP contribution is 2.22. The average molecular weight is 299 g/mol. The van der Waals surface area contributed by atoms with Crippen molar-refractivity contribution in [3.8, 4) is 0 Å². The highest BCUT2D eigenvalue weighted by Gasteiger charge is 2.15. The molecule has 0 atom stereocenters. The topological polar surface area (TPSA) is 107 Å². The molecule has 0 saturated heterocycles.